The second-order valence-corrected chi connectivity index (χ2v) is 8.59. The molecule has 1 amide bonds. The summed E-state index contributed by atoms with van der Waals surface area (Å²) in [4.78, 5) is 27.4. The number of ether oxygens (including phenoxy) is 2. The molecule has 1 atom stereocenters. The summed E-state index contributed by atoms with van der Waals surface area (Å²) < 4.78 is 10.4. The molecule has 1 saturated carbocycles. The Kier molecular flexibility index (Phi) is 8.64. The van der Waals surface area contributed by atoms with Gasteiger partial charge in [0.1, 0.15) is 6.61 Å². The second kappa shape index (κ2) is 11.4. The van der Waals surface area contributed by atoms with Crippen LogP contribution in [-0.4, -0.2) is 48.8 Å². The zero-order valence-corrected chi connectivity index (χ0v) is 19.9. The SMILES string of the molecule is CCN1C(=S)NC(c2ccc(NC(=O)C3CCCCC3)cc2)C(C(=O)OCCOC)=C1C. The van der Waals surface area contributed by atoms with Crippen LogP contribution >= 0.6 is 12.2 Å². The van der Waals surface area contributed by atoms with Crippen molar-refractivity contribution in [3.63, 3.8) is 0 Å². The van der Waals surface area contributed by atoms with Gasteiger partial charge in [-0.1, -0.05) is 31.4 Å². The number of rotatable bonds is 8. The van der Waals surface area contributed by atoms with Crippen LogP contribution in [0.4, 0.5) is 5.69 Å². The molecule has 1 aliphatic carbocycles. The first-order valence-electron chi connectivity index (χ1n) is 11.3. The van der Waals surface area contributed by atoms with Crippen LogP contribution in [0.25, 0.3) is 0 Å². The molecule has 0 radical (unpaired) electrons. The van der Waals surface area contributed by atoms with Crippen LogP contribution in [0.2, 0.25) is 0 Å². The molecule has 0 aromatic heterocycles. The van der Waals surface area contributed by atoms with Crippen molar-refractivity contribution in [2.75, 3.05) is 32.2 Å². The van der Waals surface area contributed by atoms with Gasteiger partial charge in [0, 0.05) is 31.0 Å². The summed E-state index contributed by atoms with van der Waals surface area (Å²) in [6, 6.07) is 7.14. The molecule has 3 rings (SSSR count). The fourth-order valence-corrected chi connectivity index (χ4v) is 4.72. The monoisotopic (exact) mass is 459 g/mol. The van der Waals surface area contributed by atoms with E-state index in [9.17, 15) is 9.59 Å². The molecule has 1 aliphatic heterocycles. The van der Waals surface area contributed by atoms with E-state index in [-0.39, 0.29) is 18.4 Å². The standard InChI is InChI=1S/C24H33N3O4S/c1-4-27-16(2)20(23(29)31-15-14-30-3)21(26-24(27)32)17-10-12-19(13-11-17)25-22(28)18-8-6-5-7-9-18/h10-13,18,21H,4-9,14-15H2,1-3H3,(H,25,28)(H,26,32). The topological polar surface area (TPSA) is 79.9 Å². The molecule has 1 aromatic carbocycles. The van der Waals surface area contributed by atoms with Crippen molar-refractivity contribution in [2.45, 2.75) is 52.0 Å². The lowest BCUT2D eigenvalue weighted by Crippen LogP contribution is -2.47. The van der Waals surface area contributed by atoms with Crippen molar-refractivity contribution in [2.24, 2.45) is 5.92 Å². The minimum Gasteiger partial charge on any atom is -0.460 e. The minimum absolute atomic E-state index is 0.0890. The van der Waals surface area contributed by atoms with Gasteiger partial charge in [-0.3, -0.25) is 4.79 Å². The van der Waals surface area contributed by atoms with Gasteiger partial charge in [-0.15, -0.1) is 0 Å². The van der Waals surface area contributed by atoms with Crippen LogP contribution in [0.1, 0.15) is 57.6 Å². The number of methoxy groups -OCH3 is 1. The van der Waals surface area contributed by atoms with E-state index in [1.54, 1.807) is 7.11 Å². The smallest absolute Gasteiger partial charge is 0.338 e. The minimum atomic E-state index is -0.427. The predicted molar refractivity (Wildman–Crippen MR) is 128 cm³/mol. The Morgan fingerprint density at radius 3 is 2.47 bits per heavy atom. The highest BCUT2D eigenvalue weighted by Crippen LogP contribution is 2.32. The normalized spacial score (nSPS) is 19.5. The molecule has 7 nitrogen and oxygen atoms in total. The van der Waals surface area contributed by atoms with E-state index in [1.807, 2.05) is 43.0 Å². The summed E-state index contributed by atoms with van der Waals surface area (Å²) in [6.07, 6.45) is 5.37. The number of benzene rings is 1. The summed E-state index contributed by atoms with van der Waals surface area (Å²) in [5.41, 5.74) is 2.92. The van der Waals surface area contributed by atoms with Crippen LogP contribution < -0.4 is 10.6 Å². The van der Waals surface area contributed by atoms with Gasteiger partial charge in [0.25, 0.3) is 0 Å². The maximum atomic E-state index is 12.9. The molecule has 1 heterocycles. The predicted octanol–water partition coefficient (Wildman–Crippen LogP) is 3.92. The number of nitrogens with one attached hydrogen (secondary N) is 2. The molecule has 1 fully saturated rings. The van der Waals surface area contributed by atoms with Gasteiger partial charge in [-0.2, -0.15) is 0 Å². The Morgan fingerprint density at radius 1 is 1.16 bits per heavy atom. The lowest BCUT2D eigenvalue weighted by atomic mass is 9.88. The van der Waals surface area contributed by atoms with Gasteiger partial charge < -0.3 is 25.0 Å². The highest BCUT2D eigenvalue weighted by Gasteiger charge is 2.34. The molecular formula is C24H33N3O4S. The molecule has 0 bridgehead atoms. The molecule has 174 valence electrons. The largest absolute Gasteiger partial charge is 0.460 e. The van der Waals surface area contributed by atoms with Gasteiger partial charge in [0.2, 0.25) is 5.91 Å². The number of carbonyl (C=O) groups excluding carboxylic acids is 2. The van der Waals surface area contributed by atoms with Crippen LogP contribution in [0.15, 0.2) is 35.5 Å². The average molecular weight is 460 g/mol. The number of thiocarbonyl (C=S) groups is 1. The summed E-state index contributed by atoms with van der Waals surface area (Å²) in [5.74, 6) is -0.210. The number of carbonyl (C=O) groups is 2. The molecule has 0 saturated heterocycles. The second-order valence-electron chi connectivity index (χ2n) is 8.20. The van der Waals surface area contributed by atoms with E-state index in [4.69, 9.17) is 21.7 Å². The van der Waals surface area contributed by atoms with Crippen molar-refractivity contribution < 1.29 is 19.1 Å². The van der Waals surface area contributed by atoms with Gasteiger partial charge in [0.05, 0.1) is 18.2 Å². The zero-order chi connectivity index (χ0) is 23.1. The first-order chi connectivity index (χ1) is 15.5. The number of anilines is 1. The summed E-state index contributed by atoms with van der Waals surface area (Å²) in [5, 5.41) is 6.88. The lowest BCUT2D eigenvalue weighted by molar-refractivity contribution is -0.140. The van der Waals surface area contributed by atoms with Crippen molar-refractivity contribution in [3.05, 3.63) is 41.1 Å². The maximum Gasteiger partial charge on any atom is 0.338 e. The molecule has 2 aliphatic rings. The van der Waals surface area contributed by atoms with Crippen LogP contribution in [0.5, 0.6) is 0 Å². The lowest BCUT2D eigenvalue weighted by Gasteiger charge is -2.37. The van der Waals surface area contributed by atoms with Crippen LogP contribution in [-0.2, 0) is 19.1 Å². The Labute approximate surface area is 195 Å². The number of hydrogen-bond donors (Lipinski definition) is 2. The average Bonchev–Trinajstić information content (AvgIpc) is 2.80. The van der Waals surface area contributed by atoms with Crippen LogP contribution in [0.3, 0.4) is 0 Å². The van der Waals surface area contributed by atoms with E-state index in [1.165, 1.54) is 6.42 Å². The van der Waals surface area contributed by atoms with Crippen molar-refractivity contribution in [1.29, 1.82) is 0 Å². The fourth-order valence-electron chi connectivity index (χ4n) is 4.34. The molecule has 1 aromatic rings. The number of allylic oxidation sites excluding steroid dienone is 1. The Bertz CT molecular complexity index is 863. The highest BCUT2D eigenvalue weighted by atomic mass is 32.1. The maximum absolute atomic E-state index is 12.9. The zero-order valence-electron chi connectivity index (χ0n) is 19.1. The number of esters is 1. The van der Waals surface area contributed by atoms with Gasteiger partial charge in [-0.05, 0) is 56.6 Å². The van der Waals surface area contributed by atoms with Crippen molar-refractivity contribution >= 4 is 34.9 Å². The molecule has 1 unspecified atom stereocenters. The molecule has 0 spiro atoms. The quantitative estimate of drug-likeness (QED) is 0.346. The number of amides is 1. The van der Waals surface area contributed by atoms with E-state index in [0.717, 1.165) is 42.6 Å². The van der Waals surface area contributed by atoms with Crippen molar-refractivity contribution in [1.82, 2.24) is 10.2 Å². The van der Waals surface area contributed by atoms with Gasteiger partial charge in [-0.25, -0.2) is 4.79 Å². The number of nitrogens with zero attached hydrogens (tertiary/aromatic N) is 1. The fraction of sp³-hybridized carbons (Fsp3) is 0.542. The summed E-state index contributed by atoms with van der Waals surface area (Å²) in [7, 11) is 1.56. The highest BCUT2D eigenvalue weighted by molar-refractivity contribution is 7.80. The van der Waals surface area contributed by atoms with E-state index in [0.29, 0.717) is 23.8 Å². The Balaban J connectivity index is 1.79. The van der Waals surface area contributed by atoms with Gasteiger partial charge in [0.15, 0.2) is 5.11 Å². The summed E-state index contributed by atoms with van der Waals surface area (Å²) in [6.45, 7) is 5.03. The van der Waals surface area contributed by atoms with E-state index < -0.39 is 12.0 Å². The third-order valence-corrected chi connectivity index (χ3v) is 6.48. The summed E-state index contributed by atoms with van der Waals surface area (Å²) >= 11 is 5.53. The van der Waals surface area contributed by atoms with Crippen LogP contribution in [0, 0.1) is 5.92 Å². The first-order valence-corrected chi connectivity index (χ1v) is 11.7. The number of hydrogen-bond acceptors (Lipinski definition) is 5. The third kappa shape index (κ3) is 5.66. The molecule has 32 heavy (non-hydrogen) atoms. The third-order valence-electron chi connectivity index (χ3n) is 6.14. The Hall–Kier alpha value is -2.45. The first kappa shape index (κ1) is 24.2. The molecule has 2 N–H and O–H groups in total. The van der Waals surface area contributed by atoms with E-state index >= 15 is 0 Å². The van der Waals surface area contributed by atoms with E-state index in [2.05, 4.69) is 10.6 Å². The van der Waals surface area contributed by atoms with Gasteiger partial charge >= 0.3 is 5.97 Å². The van der Waals surface area contributed by atoms with Crippen molar-refractivity contribution in [3.8, 4) is 0 Å². The molecular weight excluding hydrogens is 426 g/mol. The molecule has 8 heteroatoms. The Morgan fingerprint density at radius 2 is 1.84 bits per heavy atom.